The Morgan fingerprint density at radius 2 is 1.32 bits per heavy atom. The van der Waals surface area contributed by atoms with Gasteiger partial charge in [0.05, 0.1) is 11.4 Å². The minimum atomic E-state index is -0.699. The normalized spacial score (nSPS) is 12.1. The fourth-order valence-electron chi connectivity index (χ4n) is 4.63. The van der Waals surface area contributed by atoms with Crippen LogP contribution in [0.25, 0.3) is 11.6 Å². The molecular weight excluding hydrogens is 414 g/mol. The molecule has 0 N–H and O–H groups in total. The lowest BCUT2D eigenvalue weighted by atomic mass is 9.77. The van der Waals surface area contributed by atoms with E-state index in [9.17, 15) is 0 Å². The summed E-state index contributed by atoms with van der Waals surface area (Å²) in [5.41, 5.74) is 6.56. The molecule has 3 heteroatoms. The summed E-state index contributed by atoms with van der Waals surface area (Å²) in [6.07, 6.45) is 7.58. The van der Waals surface area contributed by atoms with Crippen LogP contribution in [0, 0.1) is 6.92 Å². The van der Waals surface area contributed by atoms with Crippen molar-refractivity contribution in [2.45, 2.75) is 19.4 Å². The fourth-order valence-corrected chi connectivity index (χ4v) is 4.63. The lowest BCUT2D eigenvalue weighted by Crippen LogP contribution is -2.39. The van der Waals surface area contributed by atoms with Gasteiger partial charge in [0.25, 0.3) is 0 Å². The molecule has 0 atom stereocenters. The number of aromatic nitrogens is 2. The van der Waals surface area contributed by atoms with Crippen LogP contribution in [0.3, 0.4) is 0 Å². The van der Waals surface area contributed by atoms with Crippen molar-refractivity contribution >= 4 is 18.4 Å². The summed E-state index contributed by atoms with van der Waals surface area (Å²) >= 11 is 0. The topological polar surface area (TPSA) is 30.2 Å². The van der Waals surface area contributed by atoms with E-state index >= 15 is 0 Å². The second-order valence-corrected chi connectivity index (χ2v) is 8.03. The first kappa shape index (κ1) is 22.9. The molecule has 34 heavy (non-hydrogen) atoms. The Hall–Kier alpha value is -4.24. The van der Waals surface area contributed by atoms with Crippen LogP contribution >= 0.6 is 0 Å². The van der Waals surface area contributed by atoms with Crippen molar-refractivity contribution in [3.8, 4) is 0 Å². The maximum absolute atomic E-state index is 5.27. The molecule has 3 aromatic carbocycles. The summed E-state index contributed by atoms with van der Waals surface area (Å²) in [6.45, 7) is 11.9. The molecule has 1 heterocycles. The van der Waals surface area contributed by atoms with Crippen molar-refractivity contribution in [2.75, 3.05) is 0 Å². The van der Waals surface area contributed by atoms with Crippen LogP contribution in [0.5, 0.6) is 0 Å². The van der Waals surface area contributed by atoms with Crippen LogP contribution in [0.2, 0.25) is 0 Å². The Balaban J connectivity index is 2.17. The van der Waals surface area contributed by atoms with Crippen molar-refractivity contribution in [3.63, 3.8) is 0 Å². The Kier molecular flexibility index (Phi) is 6.84. The van der Waals surface area contributed by atoms with E-state index in [4.69, 9.17) is 5.10 Å². The molecule has 0 fully saturated rings. The molecular formula is C31H29N3. The highest BCUT2D eigenvalue weighted by molar-refractivity contribution is 5.76. The van der Waals surface area contributed by atoms with E-state index in [1.807, 2.05) is 43.4 Å². The van der Waals surface area contributed by atoms with Gasteiger partial charge in [-0.1, -0.05) is 104 Å². The van der Waals surface area contributed by atoms with Crippen LogP contribution in [-0.2, 0) is 5.54 Å². The molecule has 0 aliphatic heterocycles. The predicted molar refractivity (Wildman–Crippen MR) is 144 cm³/mol. The van der Waals surface area contributed by atoms with Crippen molar-refractivity contribution < 1.29 is 0 Å². The second-order valence-electron chi connectivity index (χ2n) is 8.03. The number of rotatable bonds is 8. The molecule has 1 aromatic heterocycles. The SMILES string of the molecule is C=Cc1c(C)c(C(C=CN=C)=CC)nn1C(c1ccccc1)(c1ccccc1)c1ccccc1. The van der Waals surface area contributed by atoms with E-state index in [0.717, 1.165) is 39.2 Å². The average Bonchev–Trinajstić information content (AvgIpc) is 3.23. The molecule has 168 valence electrons. The van der Waals surface area contributed by atoms with Gasteiger partial charge in [-0.05, 0) is 55.0 Å². The monoisotopic (exact) mass is 443 g/mol. The summed E-state index contributed by atoms with van der Waals surface area (Å²) in [5.74, 6) is 0. The molecule has 0 amide bonds. The van der Waals surface area contributed by atoms with E-state index in [2.05, 4.69) is 103 Å². The Bertz CT molecular complexity index is 1230. The molecule has 0 unspecified atom stereocenters. The number of allylic oxidation sites excluding steroid dienone is 3. The molecule has 0 bridgehead atoms. The van der Waals surface area contributed by atoms with E-state index in [0.29, 0.717) is 0 Å². The van der Waals surface area contributed by atoms with Crippen LogP contribution < -0.4 is 0 Å². The maximum Gasteiger partial charge on any atom is 0.138 e. The smallest absolute Gasteiger partial charge is 0.138 e. The summed E-state index contributed by atoms with van der Waals surface area (Å²) in [5, 5.41) is 5.27. The number of nitrogens with zero attached hydrogens (tertiary/aromatic N) is 3. The molecule has 0 aliphatic rings. The van der Waals surface area contributed by atoms with Crippen LogP contribution in [0.1, 0.15) is 40.6 Å². The summed E-state index contributed by atoms with van der Waals surface area (Å²) < 4.78 is 2.13. The Morgan fingerprint density at radius 1 is 0.853 bits per heavy atom. The van der Waals surface area contributed by atoms with E-state index < -0.39 is 5.54 Å². The third kappa shape index (κ3) is 3.86. The highest BCUT2D eigenvalue weighted by Crippen LogP contribution is 2.42. The number of benzene rings is 3. The predicted octanol–water partition coefficient (Wildman–Crippen LogP) is 7.29. The minimum Gasteiger partial charge on any atom is -0.272 e. The summed E-state index contributed by atoms with van der Waals surface area (Å²) in [7, 11) is 0. The van der Waals surface area contributed by atoms with Crippen LogP contribution in [0.4, 0.5) is 0 Å². The molecule has 0 saturated carbocycles. The van der Waals surface area contributed by atoms with Crippen molar-refractivity contribution in [1.29, 1.82) is 0 Å². The molecule has 4 aromatic rings. The zero-order valence-electron chi connectivity index (χ0n) is 19.7. The van der Waals surface area contributed by atoms with Gasteiger partial charge in [0.2, 0.25) is 0 Å². The van der Waals surface area contributed by atoms with Crippen LogP contribution in [-0.4, -0.2) is 16.5 Å². The number of aliphatic imine (C=N–C) groups is 1. The first-order chi connectivity index (χ1) is 16.7. The number of hydrogen-bond acceptors (Lipinski definition) is 2. The maximum atomic E-state index is 5.27. The molecule has 0 radical (unpaired) electrons. The van der Waals surface area contributed by atoms with E-state index in [1.54, 1.807) is 6.20 Å². The van der Waals surface area contributed by atoms with Gasteiger partial charge in [0.15, 0.2) is 0 Å². The summed E-state index contributed by atoms with van der Waals surface area (Å²) in [4.78, 5) is 3.89. The molecule has 0 aliphatic carbocycles. The Morgan fingerprint density at radius 3 is 1.71 bits per heavy atom. The van der Waals surface area contributed by atoms with Gasteiger partial charge in [-0.25, -0.2) is 4.68 Å². The largest absolute Gasteiger partial charge is 0.272 e. The fraction of sp³-hybridized carbons (Fsp3) is 0.0968. The quantitative estimate of drug-likeness (QED) is 0.160. The number of hydrogen-bond donors (Lipinski definition) is 0. The first-order valence-corrected chi connectivity index (χ1v) is 11.4. The van der Waals surface area contributed by atoms with Crippen molar-refractivity contribution in [2.24, 2.45) is 4.99 Å². The Labute approximate surface area is 202 Å². The van der Waals surface area contributed by atoms with E-state index in [1.165, 1.54) is 0 Å². The highest BCUT2D eigenvalue weighted by atomic mass is 15.3. The average molecular weight is 444 g/mol. The second kappa shape index (κ2) is 10.1. The van der Waals surface area contributed by atoms with Gasteiger partial charge in [-0.15, -0.1) is 0 Å². The zero-order valence-corrected chi connectivity index (χ0v) is 19.7. The molecule has 3 nitrogen and oxygen atoms in total. The standard InChI is InChI=1S/C31H29N3/c1-5-25(22-23-32-4)30-24(3)29(6-2)34(33-30)31(26-16-10-7-11-17-26,27-18-12-8-13-19-27)28-20-14-9-15-21-28/h5-23H,2,4H2,1,3H3. The van der Waals surface area contributed by atoms with Crippen LogP contribution in [0.15, 0.2) is 121 Å². The highest BCUT2D eigenvalue weighted by Gasteiger charge is 2.41. The first-order valence-electron chi connectivity index (χ1n) is 11.4. The molecule has 4 rings (SSSR count). The molecule has 0 saturated heterocycles. The van der Waals surface area contributed by atoms with Crippen molar-refractivity contribution in [3.05, 3.63) is 150 Å². The minimum absolute atomic E-state index is 0.699. The van der Waals surface area contributed by atoms with Crippen molar-refractivity contribution in [1.82, 2.24) is 9.78 Å². The zero-order chi connectivity index (χ0) is 24.0. The van der Waals surface area contributed by atoms with Gasteiger partial charge >= 0.3 is 0 Å². The van der Waals surface area contributed by atoms with E-state index in [-0.39, 0.29) is 0 Å². The van der Waals surface area contributed by atoms with Gasteiger partial charge < -0.3 is 0 Å². The van der Waals surface area contributed by atoms with Gasteiger partial charge in [0, 0.05) is 11.8 Å². The lowest BCUT2D eigenvalue weighted by Gasteiger charge is -2.37. The third-order valence-electron chi connectivity index (χ3n) is 6.20. The van der Waals surface area contributed by atoms with Gasteiger partial charge in [-0.3, -0.25) is 4.99 Å². The van der Waals surface area contributed by atoms with Gasteiger partial charge in [-0.2, -0.15) is 5.10 Å². The molecule has 0 spiro atoms. The third-order valence-corrected chi connectivity index (χ3v) is 6.20. The van der Waals surface area contributed by atoms with Gasteiger partial charge in [0.1, 0.15) is 5.54 Å². The summed E-state index contributed by atoms with van der Waals surface area (Å²) in [6, 6.07) is 31.6. The lowest BCUT2D eigenvalue weighted by molar-refractivity contribution is 0.456.